The fourth-order valence-corrected chi connectivity index (χ4v) is 3.52. The van der Waals surface area contributed by atoms with Crippen LogP contribution in [0.25, 0.3) is 0 Å². The maximum Gasteiger partial charge on any atom is 0.238 e. The van der Waals surface area contributed by atoms with Crippen molar-refractivity contribution < 1.29 is 4.79 Å². The summed E-state index contributed by atoms with van der Waals surface area (Å²) in [7, 11) is 0. The Labute approximate surface area is 163 Å². The normalized spacial score (nSPS) is 12.7. The first-order valence-corrected chi connectivity index (χ1v) is 9.04. The molecule has 134 valence electrons. The molecule has 6 heteroatoms. The van der Waals surface area contributed by atoms with Gasteiger partial charge in [0.15, 0.2) is 0 Å². The second-order valence-corrected chi connectivity index (χ2v) is 8.13. The highest BCUT2D eigenvalue weighted by molar-refractivity contribution is 6.42. The summed E-state index contributed by atoms with van der Waals surface area (Å²) in [6, 6.07) is 13.2. The SMILES string of the molecule is CC(C)(C)C(NCC(=O)Nc1c(Cl)cc(Cl)cc1Cl)c1ccccc1. The molecule has 0 aliphatic heterocycles. The van der Waals surface area contributed by atoms with Crippen LogP contribution in [-0.4, -0.2) is 12.5 Å². The number of halogens is 3. The fourth-order valence-electron chi connectivity index (χ4n) is 2.61. The third kappa shape index (κ3) is 5.61. The van der Waals surface area contributed by atoms with Crippen LogP contribution in [0, 0.1) is 5.41 Å². The summed E-state index contributed by atoms with van der Waals surface area (Å²) in [4.78, 5) is 12.3. The van der Waals surface area contributed by atoms with E-state index in [9.17, 15) is 4.79 Å². The molecule has 3 nitrogen and oxygen atoms in total. The van der Waals surface area contributed by atoms with E-state index >= 15 is 0 Å². The zero-order valence-electron chi connectivity index (χ0n) is 14.4. The predicted octanol–water partition coefficient (Wildman–Crippen LogP) is 5.96. The molecule has 1 atom stereocenters. The van der Waals surface area contributed by atoms with Gasteiger partial charge in [-0.25, -0.2) is 0 Å². The predicted molar refractivity (Wildman–Crippen MR) is 107 cm³/mol. The van der Waals surface area contributed by atoms with E-state index < -0.39 is 0 Å². The van der Waals surface area contributed by atoms with Gasteiger partial charge in [0.1, 0.15) is 0 Å². The van der Waals surface area contributed by atoms with Gasteiger partial charge in [0.2, 0.25) is 5.91 Å². The molecule has 0 spiro atoms. The lowest BCUT2D eigenvalue weighted by Gasteiger charge is -2.32. The molecule has 1 unspecified atom stereocenters. The standard InChI is InChI=1S/C19H21Cl3N2O/c1-19(2,3)18(12-7-5-4-6-8-12)23-11-16(25)24-17-14(21)9-13(20)10-15(17)22/h4-10,18,23H,11H2,1-3H3,(H,24,25). The van der Waals surface area contributed by atoms with Crippen molar-refractivity contribution in [1.29, 1.82) is 0 Å². The Hall–Kier alpha value is -1.26. The van der Waals surface area contributed by atoms with Crippen molar-refractivity contribution in [3.63, 3.8) is 0 Å². The van der Waals surface area contributed by atoms with Crippen LogP contribution >= 0.6 is 34.8 Å². The lowest BCUT2D eigenvalue weighted by Crippen LogP contribution is -2.37. The van der Waals surface area contributed by atoms with Crippen molar-refractivity contribution in [2.45, 2.75) is 26.8 Å². The van der Waals surface area contributed by atoms with Crippen LogP contribution in [0.3, 0.4) is 0 Å². The smallest absolute Gasteiger partial charge is 0.238 e. The van der Waals surface area contributed by atoms with Gasteiger partial charge in [-0.15, -0.1) is 0 Å². The third-order valence-corrected chi connectivity index (χ3v) is 4.55. The number of nitrogens with one attached hydrogen (secondary N) is 2. The van der Waals surface area contributed by atoms with E-state index in [4.69, 9.17) is 34.8 Å². The zero-order chi connectivity index (χ0) is 18.6. The topological polar surface area (TPSA) is 41.1 Å². The molecule has 0 radical (unpaired) electrons. The Balaban J connectivity index is 2.07. The van der Waals surface area contributed by atoms with Gasteiger partial charge in [0, 0.05) is 11.1 Å². The molecule has 0 saturated heterocycles. The van der Waals surface area contributed by atoms with Crippen LogP contribution in [0.2, 0.25) is 15.1 Å². The molecule has 2 N–H and O–H groups in total. The number of rotatable bonds is 5. The summed E-state index contributed by atoms with van der Waals surface area (Å²) in [5.41, 5.74) is 1.44. The number of carbonyl (C=O) groups is 1. The first-order valence-electron chi connectivity index (χ1n) is 7.91. The third-order valence-electron chi connectivity index (χ3n) is 3.74. The molecule has 0 heterocycles. The van der Waals surface area contributed by atoms with Crippen molar-refractivity contribution in [2.24, 2.45) is 5.41 Å². The molecule has 0 bridgehead atoms. The van der Waals surface area contributed by atoms with E-state index in [1.807, 2.05) is 30.3 Å². The minimum absolute atomic E-state index is 0.0237. The summed E-state index contributed by atoms with van der Waals surface area (Å²) in [5, 5.41) is 7.09. The van der Waals surface area contributed by atoms with Gasteiger partial charge in [-0.2, -0.15) is 0 Å². The van der Waals surface area contributed by atoms with Gasteiger partial charge in [-0.05, 0) is 23.1 Å². The van der Waals surface area contributed by atoms with Crippen LogP contribution in [-0.2, 0) is 4.79 Å². The fraction of sp³-hybridized carbons (Fsp3) is 0.316. The molecular weight excluding hydrogens is 379 g/mol. The molecule has 2 aromatic carbocycles. The molecule has 0 fully saturated rings. The maximum atomic E-state index is 12.3. The number of amides is 1. The lowest BCUT2D eigenvalue weighted by molar-refractivity contribution is -0.115. The van der Waals surface area contributed by atoms with Gasteiger partial charge in [0.05, 0.1) is 22.3 Å². The van der Waals surface area contributed by atoms with Gasteiger partial charge in [-0.1, -0.05) is 85.9 Å². The number of anilines is 1. The van der Waals surface area contributed by atoms with Crippen LogP contribution in [0.1, 0.15) is 32.4 Å². The molecule has 2 aromatic rings. The summed E-state index contributed by atoms with van der Waals surface area (Å²) in [6.07, 6.45) is 0. The Morgan fingerprint density at radius 3 is 2.12 bits per heavy atom. The first-order chi connectivity index (χ1) is 11.7. The first kappa shape index (κ1) is 20.1. The highest BCUT2D eigenvalue weighted by Crippen LogP contribution is 2.34. The zero-order valence-corrected chi connectivity index (χ0v) is 16.6. The Kier molecular flexibility index (Phi) is 6.75. The second-order valence-electron chi connectivity index (χ2n) is 6.88. The van der Waals surface area contributed by atoms with Gasteiger partial charge < -0.3 is 10.6 Å². The molecule has 25 heavy (non-hydrogen) atoms. The van der Waals surface area contributed by atoms with Crippen molar-refractivity contribution in [1.82, 2.24) is 5.32 Å². The van der Waals surface area contributed by atoms with Crippen LogP contribution in [0.4, 0.5) is 5.69 Å². The second kappa shape index (κ2) is 8.41. The van der Waals surface area contributed by atoms with Crippen molar-refractivity contribution in [2.75, 3.05) is 11.9 Å². The molecule has 1 amide bonds. The van der Waals surface area contributed by atoms with Crippen molar-refractivity contribution in [3.05, 3.63) is 63.1 Å². The highest BCUT2D eigenvalue weighted by Gasteiger charge is 2.26. The molecule has 0 aliphatic rings. The quantitative estimate of drug-likeness (QED) is 0.651. The summed E-state index contributed by atoms with van der Waals surface area (Å²) >= 11 is 18.1. The van der Waals surface area contributed by atoms with Crippen LogP contribution < -0.4 is 10.6 Å². The van der Waals surface area contributed by atoms with Crippen LogP contribution in [0.5, 0.6) is 0 Å². The number of benzene rings is 2. The van der Waals surface area contributed by atoms with E-state index in [0.29, 0.717) is 20.8 Å². The van der Waals surface area contributed by atoms with Gasteiger partial charge in [-0.3, -0.25) is 4.79 Å². The van der Waals surface area contributed by atoms with E-state index in [0.717, 1.165) is 5.56 Å². The molecule has 0 aliphatic carbocycles. The van der Waals surface area contributed by atoms with E-state index in [1.54, 1.807) is 12.1 Å². The van der Waals surface area contributed by atoms with Crippen molar-refractivity contribution in [3.8, 4) is 0 Å². The average molecular weight is 400 g/mol. The average Bonchev–Trinajstić information content (AvgIpc) is 2.51. The monoisotopic (exact) mass is 398 g/mol. The molecule has 0 saturated carbocycles. The minimum atomic E-state index is -0.226. The van der Waals surface area contributed by atoms with Crippen LogP contribution in [0.15, 0.2) is 42.5 Å². The number of carbonyl (C=O) groups excluding carboxylic acids is 1. The lowest BCUT2D eigenvalue weighted by atomic mass is 9.82. The summed E-state index contributed by atoms with van der Waals surface area (Å²) in [5.74, 6) is -0.226. The molecule has 2 rings (SSSR count). The van der Waals surface area contributed by atoms with E-state index in [-0.39, 0.29) is 23.9 Å². The summed E-state index contributed by atoms with van der Waals surface area (Å²) in [6.45, 7) is 6.51. The number of hydrogen-bond acceptors (Lipinski definition) is 2. The van der Waals surface area contributed by atoms with Gasteiger partial charge in [0.25, 0.3) is 0 Å². The Bertz CT molecular complexity index is 719. The highest BCUT2D eigenvalue weighted by atomic mass is 35.5. The van der Waals surface area contributed by atoms with E-state index in [1.165, 1.54) is 0 Å². The Morgan fingerprint density at radius 2 is 1.60 bits per heavy atom. The maximum absolute atomic E-state index is 12.3. The molecular formula is C19H21Cl3N2O. The minimum Gasteiger partial charge on any atom is -0.322 e. The summed E-state index contributed by atoms with van der Waals surface area (Å²) < 4.78 is 0. The van der Waals surface area contributed by atoms with E-state index in [2.05, 4.69) is 31.4 Å². The largest absolute Gasteiger partial charge is 0.322 e. The Morgan fingerprint density at radius 1 is 1.04 bits per heavy atom. The van der Waals surface area contributed by atoms with Gasteiger partial charge >= 0.3 is 0 Å². The van der Waals surface area contributed by atoms with Crippen molar-refractivity contribution >= 4 is 46.4 Å². The number of hydrogen-bond donors (Lipinski definition) is 2. The molecule has 0 aromatic heterocycles.